The molecule has 2 N–H and O–H groups in total. The van der Waals surface area contributed by atoms with Gasteiger partial charge in [0, 0.05) is 49.4 Å². The topological polar surface area (TPSA) is 62.5 Å². The van der Waals surface area contributed by atoms with Crippen molar-refractivity contribution >= 4 is 40.3 Å². The molecule has 1 aliphatic rings. The lowest BCUT2D eigenvalue weighted by Gasteiger charge is -2.36. The van der Waals surface area contributed by atoms with Gasteiger partial charge in [0.1, 0.15) is 5.82 Å². The largest absolute Gasteiger partial charge is 0.375 e. The zero-order valence-electron chi connectivity index (χ0n) is 13.4. The molecule has 0 unspecified atom stereocenters. The van der Waals surface area contributed by atoms with Crippen LogP contribution < -0.4 is 10.6 Å². The van der Waals surface area contributed by atoms with Crippen LogP contribution in [0, 0.1) is 5.82 Å². The lowest BCUT2D eigenvalue weighted by Crippen LogP contribution is -2.46. The molecule has 0 atom stereocenters. The first-order chi connectivity index (χ1) is 11.0. The fourth-order valence-corrected chi connectivity index (χ4v) is 3.47. The number of Topliss-reactive ketones (excluding diaryl/α,β-unsaturated/α-hetero) is 1. The van der Waals surface area contributed by atoms with Crippen LogP contribution in [0.2, 0.25) is 0 Å². The Hall–Kier alpha value is -1.70. The molecule has 1 aromatic heterocycles. The van der Waals surface area contributed by atoms with Gasteiger partial charge in [-0.2, -0.15) is 0 Å². The van der Waals surface area contributed by atoms with Crippen LogP contribution >= 0.6 is 23.7 Å². The monoisotopic (exact) mass is 370 g/mol. The van der Waals surface area contributed by atoms with Crippen LogP contribution in [0.4, 0.5) is 15.2 Å². The summed E-state index contributed by atoms with van der Waals surface area (Å²) in [4.78, 5) is 20.8. The predicted octanol–water partition coefficient (Wildman–Crippen LogP) is 2.81. The van der Waals surface area contributed by atoms with Crippen molar-refractivity contribution in [2.45, 2.75) is 13.5 Å². The quantitative estimate of drug-likeness (QED) is 0.838. The third-order valence-electron chi connectivity index (χ3n) is 4.02. The van der Waals surface area contributed by atoms with Gasteiger partial charge in [0.25, 0.3) is 0 Å². The first-order valence-corrected chi connectivity index (χ1v) is 8.32. The number of rotatable bonds is 4. The van der Waals surface area contributed by atoms with Gasteiger partial charge in [-0.05, 0) is 25.1 Å². The molecular formula is C16H20ClFN4OS. The van der Waals surface area contributed by atoms with E-state index in [0.717, 1.165) is 37.6 Å². The number of nitrogens with two attached hydrogens (primary N) is 1. The predicted molar refractivity (Wildman–Crippen MR) is 97.7 cm³/mol. The van der Waals surface area contributed by atoms with Crippen LogP contribution in [0.5, 0.6) is 0 Å². The number of carbonyl (C=O) groups excluding carboxylic acids is 1. The number of halogens is 2. The van der Waals surface area contributed by atoms with Gasteiger partial charge in [-0.1, -0.05) is 0 Å². The summed E-state index contributed by atoms with van der Waals surface area (Å²) in [5, 5.41) is 0.589. The first kappa shape index (κ1) is 18.6. The summed E-state index contributed by atoms with van der Waals surface area (Å²) in [6, 6.07) is 4.71. The molecule has 0 radical (unpaired) electrons. The van der Waals surface area contributed by atoms with E-state index in [2.05, 4.69) is 9.88 Å². The van der Waals surface area contributed by atoms with Gasteiger partial charge < -0.3 is 10.6 Å². The molecule has 1 saturated heterocycles. The highest BCUT2D eigenvalue weighted by Gasteiger charge is 2.20. The lowest BCUT2D eigenvalue weighted by atomic mass is 10.1. The molecule has 24 heavy (non-hydrogen) atoms. The Morgan fingerprint density at radius 1 is 1.33 bits per heavy atom. The Balaban J connectivity index is 0.00000208. The van der Waals surface area contributed by atoms with E-state index < -0.39 is 0 Å². The van der Waals surface area contributed by atoms with E-state index in [1.807, 2.05) is 11.1 Å². The maximum absolute atomic E-state index is 14.2. The number of thiazole rings is 1. The van der Waals surface area contributed by atoms with Crippen molar-refractivity contribution in [3.63, 3.8) is 0 Å². The van der Waals surface area contributed by atoms with E-state index >= 15 is 0 Å². The average Bonchev–Trinajstić information content (AvgIpc) is 2.93. The average molecular weight is 371 g/mol. The second-order valence-electron chi connectivity index (χ2n) is 5.65. The molecule has 0 bridgehead atoms. The molecule has 0 aliphatic carbocycles. The highest BCUT2D eigenvalue weighted by Crippen LogP contribution is 2.23. The number of ketones is 1. The molecule has 3 rings (SSSR count). The summed E-state index contributed by atoms with van der Waals surface area (Å²) in [7, 11) is 0. The van der Waals surface area contributed by atoms with Crippen molar-refractivity contribution in [2.24, 2.45) is 0 Å². The van der Waals surface area contributed by atoms with E-state index in [-0.39, 0.29) is 24.0 Å². The summed E-state index contributed by atoms with van der Waals surface area (Å²) in [5.74, 6) is -0.453. The minimum Gasteiger partial charge on any atom is -0.375 e. The van der Waals surface area contributed by atoms with Crippen molar-refractivity contribution in [1.29, 1.82) is 0 Å². The standard InChI is InChI=1S/C16H19FN4OS.ClH/c1-11(22)12-2-3-15(14(17)8-12)21-6-4-20(5-7-21)10-13-9-19-16(18)23-13;/h2-3,8-9H,4-7,10H2,1H3,(H2,18,19);1H. The first-order valence-electron chi connectivity index (χ1n) is 7.51. The van der Waals surface area contributed by atoms with Crippen LogP contribution in [0.3, 0.4) is 0 Å². The van der Waals surface area contributed by atoms with E-state index in [0.29, 0.717) is 16.4 Å². The normalized spacial score (nSPS) is 15.2. The summed E-state index contributed by atoms with van der Waals surface area (Å²) in [6.07, 6.45) is 1.81. The number of nitrogen functional groups attached to an aromatic ring is 1. The second-order valence-corrected chi connectivity index (χ2v) is 6.80. The zero-order valence-corrected chi connectivity index (χ0v) is 15.0. The number of nitrogens with zero attached hydrogens (tertiary/aromatic N) is 3. The fraction of sp³-hybridized carbons (Fsp3) is 0.375. The van der Waals surface area contributed by atoms with Crippen molar-refractivity contribution in [3.8, 4) is 0 Å². The maximum atomic E-state index is 14.2. The van der Waals surface area contributed by atoms with E-state index in [4.69, 9.17) is 5.73 Å². The third-order valence-corrected chi connectivity index (χ3v) is 4.83. The van der Waals surface area contributed by atoms with Crippen molar-refractivity contribution < 1.29 is 9.18 Å². The number of aromatic nitrogens is 1. The minimum absolute atomic E-state index is 0. The van der Waals surface area contributed by atoms with Crippen LogP contribution in [0.15, 0.2) is 24.4 Å². The zero-order chi connectivity index (χ0) is 16.4. The molecule has 130 valence electrons. The SMILES string of the molecule is CC(=O)c1ccc(N2CCN(Cc3cnc(N)s3)CC2)c(F)c1.Cl. The van der Waals surface area contributed by atoms with Gasteiger partial charge in [0.2, 0.25) is 0 Å². The van der Waals surface area contributed by atoms with E-state index in [9.17, 15) is 9.18 Å². The van der Waals surface area contributed by atoms with E-state index in [1.165, 1.54) is 24.3 Å². The van der Waals surface area contributed by atoms with Crippen LogP contribution in [-0.4, -0.2) is 41.8 Å². The highest BCUT2D eigenvalue weighted by molar-refractivity contribution is 7.15. The second kappa shape index (κ2) is 7.92. The smallest absolute Gasteiger partial charge is 0.180 e. The van der Waals surface area contributed by atoms with Crippen molar-refractivity contribution in [1.82, 2.24) is 9.88 Å². The van der Waals surface area contributed by atoms with Crippen molar-refractivity contribution in [2.75, 3.05) is 36.8 Å². The number of carbonyl (C=O) groups is 1. The molecule has 1 fully saturated rings. The molecule has 5 nitrogen and oxygen atoms in total. The Labute approximate surface area is 150 Å². The number of piperazine rings is 1. The molecule has 0 amide bonds. The lowest BCUT2D eigenvalue weighted by molar-refractivity contribution is 0.101. The molecule has 1 aromatic carbocycles. The molecule has 0 saturated carbocycles. The summed E-state index contributed by atoms with van der Waals surface area (Å²) in [5.41, 5.74) is 6.62. The Morgan fingerprint density at radius 3 is 2.58 bits per heavy atom. The summed E-state index contributed by atoms with van der Waals surface area (Å²) in [6.45, 7) is 5.49. The Kier molecular flexibility index (Phi) is 6.15. The molecule has 1 aliphatic heterocycles. The van der Waals surface area contributed by atoms with Crippen LogP contribution in [-0.2, 0) is 6.54 Å². The summed E-state index contributed by atoms with van der Waals surface area (Å²) >= 11 is 1.50. The maximum Gasteiger partial charge on any atom is 0.180 e. The molecular weight excluding hydrogens is 351 g/mol. The molecule has 8 heteroatoms. The summed E-state index contributed by atoms with van der Waals surface area (Å²) < 4.78 is 14.2. The fourth-order valence-electron chi connectivity index (χ4n) is 2.75. The van der Waals surface area contributed by atoms with Gasteiger partial charge in [0.15, 0.2) is 10.9 Å². The van der Waals surface area contributed by atoms with Crippen LogP contribution in [0.25, 0.3) is 0 Å². The third kappa shape index (κ3) is 4.23. The van der Waals surface area contributed by atoms with Crippen molar-refractivity contribution in [3.05, 3.63) is 40.7 Å². The number of hydrogen-bond acceptors (Lipinski definition) is 6. The van der Waals surface area contributed by atoms with Crippen LogP contribution in [0.1, 0.15) is 22.2 Å². The molecule has 2 heterocycles. The molecule has 2 aromatic rings. The number of benzene rings is 1. The molecule has 0 spiro atoms. The number of anilines is 2. The Bertz CT molecular complexity index is 716. The van der Waals surface area contributed by atoms with Gasteiger partial charge >= 0.3 is 0 Å². The van der Waals surface area contributed by atoms with Gasteiger partial charge in [0.05, 0.1) is 5.69 Å². The van der Waals surface area contributed by atoms with E-state index in [1.54, 1.807) is 12.1 Å². The number of hydrogen-bond donors (Lipinski definition) is 1. The van der Waals surface area contributed by atoms with Gasteiger partial charge in [-0.3, -0.25) is 9.69 Å². The van der Waals surface area contributed by atoms with Gasteiger partial charge in [-0.15, -0.1) is 23.7 Å². The highest BCUT2D eigenvalue weighted by atomic mass is 35.5. The Morgan fingerprint density at radius 2 is 2.04 bits per heavy atom. The van der Waals surface area contributed by atoms with Gasteiger partial charge in [-0.25, -0.2) is 9.37 Å². The minimum atomic E-state index is -0.332.